The minimum absolute atomic E-state index is 0.0896. The van der Waals surface area contributed by atoms with E-state index in [0.29, 0.717) is 5.39 Å². The smallest absolute Gasteiger partial charge is 0.272 e. The molecule has 2 N–H and O–H groups in total. The maximum atomic E-state index is 11.2. The summed E-state index contributed by atoms with van der Waals surface area (Å²) < 4.78 is 1.91. The summed E-state index contributed by atoms with van der Waals surface area (Å²) in [7, 11) is 0. The second-order valence-corrected chi connectivity index (χ2v) is 4.49. The van der Waals surface area contributed by atoms with E-state index >= 15 is 0 Å². The highest BCUT2D eigenvalue weighted by Gasteiger charge is 2.05. The van der Waals surface area contributed by atoms with Crippen LogP contribution < -0.4 is 5.56 Å². The highest BCUT2D eigenvalue weighted by molar-refractivity contribution is 14.1. The van der Waals surface area contributed by atoms with Gasteiger partial charge in [0.05, 0.1) is 10.9 Å². The molecule has 0 amide bonds. The van der Waals surface area contributed by atoms with Crippen LogP contribution in [0.15, 0.2) is 21.4 Å². The Morgan fingerprint density at radius 2 is 2.08 bits per heavy atom. The van der Waals surface area contributed by atoms with Crippen LogP contribution in [0.1, 0.15) is 0 Å². The van der Waals surface area contributed by atoms with Gasteiger partial charge in [-0.25, -0.2) is 0 Å². The SMILES string of the molecule is O=c1[nH][nH]c2cc(I)cc(Br)c12. The number of hydrogen-bond donors (Lipinski definition) is 2. The maximum absolute atomic E-state index is 11.2. The molecule has 0 spiro atoms. The first-order valence-electron chi connectivity index (χ1n) is 3.24. The van der Waals surface area contributed by atoms with Gasteiger partial charge >= 0.3 is 0 Å². The molecule has 5 heteroatoms. The fourth-order valence-corrected chi connectivity index (χ4v) is 2.78. The van der Waals surface area contributed by atoms with E-state index in [4.69, 9.17) is 0 Å². The third-order valence-corrected chi connectivity index (χ3v) is 2.84. The molecule has 0 saturated carbocycles. The van der Waals surface area contributed by atoms with E-state index in [1.54, 1.807) is 0 Å². The lowest BCUT2D eigenvalue weighted by Crippen LogP contribution is -1.97. The average molecular weight is 339 g/mol. The molecule has 0 aliphatic carbocycles. The monoisotopic (exact) mass is 338 g/mol. The molecule has 0 unspecified atom stereocenters. The van der Waals surface area contributed by atoms with Gasteiger partial charge in [0.1, 0.15) is 0 Å². The summed E-state index contributed by atoms with van der Waals surface area (Å²) in [4.78, 5) is 11.2. The van der Waals surface area contributed by atoms with Crippen LogP contribution in [0.5, 0.6) is 0 Å². The Balaban J connectivity index is 3.03. The average Bonchev–Trinajstić information content (AvgIpc) is 2.31. The Bertz CT molecular complexity index is 488. The number of fused-ring (bicyclic) bond motifs is 1. The Hall–Kier alpha value is -0.300. The molecule has 0 radical (unpaired) electrons. The van der Waals surface area contributed by atoms with Gasteiger partial charge in [0.25, 0.3) is 5.56 Å². The van der Waals surface area contributed by atoms with Crippen LogP contribution in [0.3, 0.4) is 0 Å². The van der Waals surface area contributed by atoms with Crippen LogP contribution in [-0.2, 0) is 0 Å². The summed E-state index contributed by atoms with van der Waals surface area (Å²) in [6, 6.07) is 3.82. The van der Waals surface area contributed by atoms with Crippen LogP contribution in [0.2, 0.25) is 0 Å². The van der Waals surface area contributed by atoms with Crippen molar-refractivity contribution in [2.75, 3.05) is 0 Å². The van der Waals surface area contributed by atoms with Crippen molar-refractivity contribution < 1.29 is 0 Å². The number of aromatic nitrogens is 2. The summed E-state index contributed by atoms with van der Waals surface area (Å²) in [6.45, 7) is 0. The summed E-state index contributed by atoms with van der Waals surface area (Å²) >= 11 is 5.53. The van der Waals surface area contributed by atoms with Crippen molar-refractivity contribution in [1.82, 2.24) is 10.2 Å². The normalized spacial score (nSPS) is 10.8. The Kier molecular flexibility index (Phi) is 1.99. The van der Waals surface area contributed by atoms with E-state index in [2.05, 4.69) is 48.7 Å². The van der Waals surface area contributed by atoms with E-state index in [0.717, 1.165) is 13.6 Å². The van der Waals surface area contributed by atoms with Crippen molar-refractivity contribution in [3.63, 3.8) is 0 Å². The van der Waals surface area contributed by atoms with Gasteiger partial charge in [-0.2, -0.15) is 0 Å². The third-order valence-electron chi connectivity index (χ3n) is 1.59. The van der Waals surface area contributed by atoms with E-state index in [1.165, 1.54) is 0 Å². The number of benzene rings is 1. The van der Waals surface area contributed by atoms with Crippen molar-refractivity contribution in [3.05, 3.63) is 30.5 Å². The summed E-state index contributed by atoms with van der Waals surface area (Å²) in [6.07, 6.45) is 0. The molecule has 1 aromatic heterocycles. The van der Waals surface area contributed by atoms with Gasteiger partial charge in [-0.1, -0.05) is 0 Å². The molecule has 0 fully saturated rings. The van der Waals surface area contributed by atoms with Gasteiger partial charge in [0.2, 0.25) is 0 Å². The molecular formula is C7H4BrIN2O. The lowest BCUT2D eigenvalue weighted by Gasteiger charge is -1.93. The van der Waals surface area contributed by atoms with Crippen LogP contribution in [0.4, 0.5) is 0 Å². The second kappa shape index (κ2) is 2.88. The molecule has 62 valence electrons. The summed E-state index contributed by atoms with van der Waals surface area (Å²) in [5.41, 5.74) is 0.743. The third kappa shape index (κ3) is 1.20. The van der Waals surface area contributed by atoms with E-state index in [1.807, 2.05) is 12.1 Å². The molecular weight excluding hydrogens is 335 g/mol. The van der Waals surface area contributed by atoms with Crippen LogP contribution in [0, 0.1) is 3.57 Å². The zero-order chi connectivity index (χ0) is 8.72. The summed E-state index contributed by atoms with van der Waals surface area (Å²) in [5, 5.41) is 6.00. The van der Waals surface area contributed by atoms with Gasteiger partial charge in [-0.05, 0) is 50.7 Å². The number of aromatic amines is 2. The van der Waals surface area contributed by atoms with Crippen LogP contribution in [0.25, 0.3) is 10.9 Å². The maximum Gasteiger partial charge on any atom is 0.272 e. The zero-order valence-corrected chi connectivity index (χ0v) is 9.56. The van der Waals surface area contributed by atoms with Crippen molar-refractivity contribution >= 4 is 49.4 Å². The molecule has 0 saturated heterocycles. The molecule has 1 aromatic carbocycles. The van der Waals surface area contributed by atoms with E-state index in [-0.39, 0.29) is 5.56 Å². The fourth-order valence-electron chi connectivity index (χ4n) is 1.09. The number of nitrogens with one attached hydrogen (secondary N) is 2. The minimum Gasteiger partial charge on any atom is -0.297 e. The molecule has 1 heterocycles. The van der Waals surface area contributed by atoms with Crippen LogP contribution in [-0.4, -0.2) is 10.2 Å². The van der Waals surface area contributed by atoms with E-state index in [9.17, 15) is 4.79 Å². The highest BCUT2D eigenvalue weighted by atomic mass is 127. The van der Waals surface area contributed by atoms with Gasteiger partial charge in [0, 0.05) is 8.04 Å². The number of halogens is 2. The number of hydrogen-bond acceptors (Lipinski definition) is 1. The van der Waals surface area contributed by atoms with Gasteiger partial charge in [0.15, 0.2) is 0 Å². The van der Waals surface area contributed by atoms with Crippen LogP contribution >= 0.6 is 38.5 Å². The molecule has 12 heavy (non-hydrogen) atoms. The zero-order valence-electron chi connectivity index (χ0n) is 5.82. The largest absolute Gasteiger partial charge is 0.297 e. The Morgan fingerprint density at radius 3 is 2.83 bits per heavy atom. The van der Waals surface area contributed by atoms with Crippen molar-refractivity contribution in [2.24, 2.45) is 0 Å². The first-order valence-corrected chi connectivity index (χ1v) is 5.11. The Morgan fingerprint density at radius 1 is 1.33 bits per heavy atom. The predicted molar refractivity (Wildman–Crippen MR) is 59.3 cm³/mol. The topological polar surface area (TPSA) is 48.6 Å². The van der Waals surface area contributed by atoms with Crippen molar-refractivity contribution in [2.45, 2.75) is 0 Å². The highest BCUT2D eigenvalue weighted by Crippen LogP contribution is 2.22. The quantitative estimate of drug-likeness (QED) is 0.711. The fraction of sp³-hybridized carbons (Fsp3) is 0. The molecule has 2 aromatic rings. The van der Waals surface area contributed by atoms with Crippen molar-refractivity contribution in [3.8, 4) is 0 Å². The number of rotatable bonds is 0. The molecule has 0 bridgehead atoms. The first kappa shape index (κ1) is 8.31. The molecule has 2 rings (SSSR count). The van der Waals surface area contributed by atoms with E-state index < -0.39 is 0 Å². The Labute approximate surface area is 89.8 Å². The molecule has 0 aliphatic rings. The van der Waals surface area contributed by atoms with Gasteiger partial charge in [-0.15, -0.1) is 0 Å². The standard InChI is InChI=1S/C7H4BrIN2O/c8-4-1-3(9)2-5-6(4)7(12)11-10-5/h1-2H,(H2,10,11,12). The molecule has 0 aliphatic heterocycles. The van der Waals surface area contributed by atoms with Gasteiger partial charge < -0.3 is 0 Å². The predicted octanol–water partition coefficient (Wildman–Crippen LogP) is 2.22. The first-order chi connectivity index (χ1) is 5.68. The lowest BCUT2D eigenvalue weighted by molar-refractivity contribution is 1.08. The lowest BCUT2D eigenvalue weighted by atomic mass is 10.3. The molecule has 3 nitrogen and oxygen atoms in total. The second-order valence-electron chi connectivity index (χ2n) is 2.39. The molecule has 0 atom stereocenters. The minimum atomic E-state index is -0.0896. The van der Waals surface area contributed by atoms with Crippen molar-refractivity contribution in [1.29, 1.82) is 0 Å². The van der Waals surface area contributed by atoms with Gasteiger partial charge in [-0.3, -0.25) is 15.0 Å². The number of H-pyrrole nitrogens is 2. The summed E-state index contributed by atoms with van der Waals surface area (Å²) in [5.74, 6) is 0.